The number of nitro groups is 3. The summed E-state index contributed by atoms with van der Waals surface area (Å²) in [7, 11) is 0. The number of phenolic OH excluding ortho intramolecular Hbond substituents is 1. The van der Waals surface area contributed by atoms with Crippen molar-refractivity contribution in [3.05, 3.63) is 79.1 Å². The number of hydrogen-bond acceptors (Lipinski definition) is 8. The van der Waals surface area contributed by atoms with Crippen LogP contribution in [0.15, 0.2) is 43.1 Å². The normalized spacial score (nSPS) is 9.33. The lowest BCUT2D eigenvalue weighted by Gasteiger charge is -1.97. The minimum absolute atomic E-state index is 0.447. The second-order valence-corrected chi connectivity index (χ2v) is 4.06. The SMILES string of the molecule is C=Cc1ccccn1.O=[N+]([O-])c1cc([N+](=O)[O-])c(O)c([N+](=O)[O-])c1. The van der Waals surface area contributed by atoms with Gasteiger partial charge in [0.15, 0.2) is 0 Å². The Morgan fingerprint density at radius 2 is 1.54 bits per heavy atom. The summed E-state index contributed by atoms with van der Waals surface area (Å²) in [6, 6.07) is 6.62. The van der Waals surface area contributed by atoms with E-state index in [4.69, 9.17) is 5.11 Å². The molecule has 11 nitrogen and oxygen atoms in total. The molecule has 0 fully saturated rings. The average molecular weight is 334 g/mol. The Bertz CT molecular complexity index is 757. The first-order chi connectivity index (χ1) is 11.3. The van der Waals surface area contributed by atoms with Crippen LogP contribution < -0.4 is 0 Å². The zero-order valence-electron chi connectivity index (χ0n) is 11.9. The highest BCUT2D eigenvalue weighted by atomic mass is 16.6. The maximum Gasteiger partial charge on any atom is 0.324 e. The van der Waals surface area contributed by atoms with E-state index in [9.17, 15) is 30.3 Å². The van der Waals surface area contributed by atoms with Crippen molar-refractivity contribution >= 4 is 23.1 Å². The van der Waals surface area contributed by atoms with Crippen molar-refractivity contribution in [3.63, 3.8) is 0 Å². The van der Waals surface area contributed by atoms with Gasteiger partial charge in [-0.3, -0.25) is 35.3 Å². The molecule has 1 heterocycles. The van der Waals surface area contributed by atoms with Gasteiger partial charge < -0.3 is 5.11 Å². The fraction of sp³-hybridized carbons (Fsp3) is 0. The number of hydrogen-bond donors (Lipinski definition) is 1. The molecule has 0 amide bonds. The summed E-state index contributed by atoms with van der Waals surface area (Å²) in [5.74, 6) is -1.21. The Labute approximate surface area is 134 Å². The van der Waals surface area contributed by atoms with Crippen LogP contribution in [0.25, 0.3) is 6.08 Å². The van der Waals surface area contributed by atoms with Crippen molar-refractivity contribution in [2.24, 2.45) is 0 Å². The third-order valence-corrected chi connectivity index (χ3v) is 2.56. The summed E-state index contributed by atoms with van der Waals surface area (Å²) in [4.78, 5) is 31.7. The van der Waals surface area contributed by atoms with Crippen LogP contribution in [0.4, 0.5) is 17.1 Å². The fourth-order valence-corrected chi connectivity index (χ4v) is 1.47. The van der Waals surface area contributed by atoms with E-state index in [2.05, 4.69) is 11.6 Å². The molecule has 1 aromatic heterocycles. The Morgan fingerprint density at radius 1 is 1.00 bits per heavy atom. The number of aromatic nitrogens is 1. The molecular weight excluding hydrogens is 324 g/mol. The van der Waals surface area contributed by atoms with Crippen LogP contribution in [0, 0.1) is 30.3 Å². The predicted molar refractivity (Wildman–Crippen MR) is 82.4 cm³/mol. The molecule has 2 rings (SSSR count). The Hall–Kier alpha value is -3.89. The van der Waals surface area contributed by atoms with Crippen LogP contribution in [-0.2, 0) is 0 Å². The lowest BCUT2D eigenvalue weighted by Crippen LogP contribution is -1.97. The van der Waals surface area contributed by atoms with Gasteiger partial charge in [-0.25, -0.2) is 0 Å². The van der Waals surface area contributed by atoms with Gasteiger partial charge in [0.05, 0.1) is 32.6 Å². The first-order valence-corrected chi connectivity index (χ1v) is 6.11. The van der Waals surface area contributed by atoms with E-state index in [0.29, 0.717) is 12.1 Å². The van der Waals surface area contributed by atoms with Gasteiger partial charge in [-0.05, 0) is 18.2 Å². The summed E-state index contributed by atoms with van der Waals surface area (Å²) >= 11 is 0. The molecule has 0 saturated heterocycles. The van der Waals surface area contributed by atoms with E-state index >= 15 is 0 Å². The molecule has 0 spiro atoms. The fourth-order valence-electron chi connectivity index (χ4n) is 1.47. The summed E-state index contributed by atoms with van der Waals surface area (Å²) in [6.07, 6.45) is 3.47. The van der Waals surface area contributed by atoms with Crippen molar-refractivity contribution in [2.75, 3.05) is 0 Å². The monoisotopic (exact) mass is 334 g/mol. The van der Waals surface area contributed by atoms with Crippen LogP contribution in [-0.4, -0.2) is 24.9 Å². The van der Waals surface area contributed by atoms with Crippen LogP contribution >= 0.6 is 0 Å². The van der Waals surface area contributed by atoms with E-state index < -0.39 is 37.6 Å². The first-order valence-electron chi connectivity index (χ1n) is 6.11. The number of nitro benzene ring substituents is 3. The van der Waals surface area contributed by atoms with Crippen molar-refractivity contribution in [3.8, 4) is 5.75 Å². The maximum atomic E-state index is 10.4. The Kier molecular flexibility index (Phi) is 6.00. The molecule has 11 heteroatoms. The highest BCUT2D eigenvalue weighted by Gasteiger charge is 2.30. The molecule has 24 heavy (non-hydrogen) atoms. The molecule has 0 radical (unpaired) electrons. The standard InChI is InChI=1S/C7H7N.C6H3N3O7/c1-2-7-5-3-4-6-8-7;10-6-4(8(13)14)1-3(7(11)12)2-5(6)9(15)16/h2-6H,1H2;1-2,10H. The number of benzene rings is 1. The molecule has 0 unspecified atom stereocenters. The lowest BCUT2D eigenvalue weighted by atomic mass is 10.2. The van der Waals surface area contributed by atoms with Gasteiger partial charge in [0, 0.05) is 6.20 Å². The predicted octanol–water partition coefficient (Wildman–Crippen LogP) is 2.84. The number of non-ortho nitro benzene ring substituents is 1. The van der Waals surface area contributed by atoms with E-state index in [-0.39, 0.29) is 0 Å². The molecule has 0 bridgehead atoms. The minimum Gasteiger partial charge on any atom is -0.497 e. The molecule has 2 aromatic rings. The lowest BCUT2D eigenvalue weighted by molar-refractivity contribution is -0.404. The highest BCUT2D eigenvalue weighted by Crippen LogP contribution is 2.38. The van der Waals surface area contributed by atoms with Gasteiger partial charge in [0.1, 0.15) is 0 Å². The zero-order valence-corrected chi connectivity index (χ0v) is 11.9. The second-order valence-electron chi connectivity index (χ2n) is 4.06. The van der Waals surface area contributed by atoms with Crippen LogP contribution in [0.3, 0.4) is 0 Å². The molecule has 124 valence electrons. The molecule has 0 saturated carbocycles. The van der Waals surface area contributed by atoms with E-state index in [0.717, 1.165) is 5.69 Å². The average Bonchev–Trinajstić information content (AvgIpc) is 2.55. The second kappa shape index (κ2) is 7.93. The number of aromatic hydroxyl groups is 1. The number of nitrogens with zero attached hydrogens (tertiary/aromatic N) is 4. The maximum absolute atomic E-state index is 10.4. The van der Waals surface area contributed by atoms with Crippen LogP contribution in [0.5, 0.6) is 5.75 Å². The topological polar surface area (TPSA) is 163 Å². The van der Waals surface area contributed by atoms with E-state index in [1.807, 2.05) is 18.2 Å². The smallest absolute Gasteiger partial charge is 0.324 e. The van der Waals surface area contributed by atoms with E-state index in [1.165, 1.54) is 0 Å². The Balaban J connectivity index is 0.000000300. The number of phenols is 1. The van der Waals surface area contributed by atoms with E-state index in [1.54, 1.807) is 12.3 Å². The summed E-state index contributed by atoms with van der Waals surface area (Å²) in [6.45, 7) is 3.57. The van der Waals surface area contributed by atoms with Crippen molar-refractivity contribution < 1.29 is 19.9 Å². The van der Waals surface area contributed by atoms with Gasteiger partial charge in [-0.2, -0.15) is 0 Å². The molecule has 0 atom stereocenters. The van der Waals surface area contributed by atoms with Gasteiger partial charge in [-0.1, -0.05) is 12.6 Å². The quantitative estimate of drug-likeness (QED) is 0.658. The van der Waals surface area contributed by atoms with Crippen LogP contribution in [0.2, 0.25) is 0 Å². The number of rotatable bonds is 4. The molecule has 0 aliphatic heterocycles. The molecule has 0 aliphatic carbocycles. The zero-order chi connectivity index (χ0) is 18.3. The summed E-state index contributed by atoms with van der Waals surface area (Å²) in [5.41, 5.74) is -2.08. The van der Waals surface area contributed by atoms with Gasteiger partial charge >= 0.3 is 11.4 Å². The molecule has 1 N–H and O–H groups in total. The minimum atomic E-state index is -1.21. The summed E-state index contributed by atoms with van der Waals surface area (Å²) < 4.78 is 0. The molecule has 0 aliphatic rings. The van der Waals surface area contributed by atoms with Gasteiger partial charge in [0.25, 0.3) is 11.4 Å². The Morgan fingerprint density at radius 3 is 1.83 bits per heavy atom. The van der Waals surface area contributed by atoms with Crippen molar-refractivity contribution in [1.29, 1.82) is 0 Å². The van der Waals surface area contributed by atoms with Crippen LogP contribution in [0.1, 0.15) is 5.69 Å². The third-order valence-electron chi connectivity index (χ3n) is 2.56. The third kappa shape index (κ3) is 4.56. The van der Waals surface area contributed by atoms with Crippen molar-refractivity contribution in [2.45, 2.75) is 0 Å². The molecule has 1 aromatic carbocycles. The number of pyridine rings is 1. The molecular formula is C13H10N4O7. The largest absolute Gasteiger partial charge is 0.497 e. The first kappa shape index (κ1) is 18.2. The van der Waals surface area contributed by atoms with Crippen molar-refractivity contribution in [1.82, 2.24) is 4.98 Å². The van der Waals surface area contributed by atoms with Gasteiger partial charge in [-0.15, -0.1) is 0 Å². The summed E-state index contributed by atoms with van der Waals surface area (Å²) in [5, 5.41) is 40.2. The highest BCUT2D eigenvalue weighted by molar-refractivity contribution is 5.64. The van der Waals surface area contributed by atoms with Gasteiger partial charge in [0.2, 0.25) is 0 Å².